The van der Waals surface area contributed by atoms with Crippen LogP contribution in [0.1, 0.15) is 31.9 Å². The van der Waals surface area contributed by atoms with E-state index < -0.39 is 5.97 Å². The lowest BCUT2D eigenvalue weighted by molar-refractivity contribution is -0.141. The lowest BCUT2D eigenvalue weighted by Crippen LogP contribution is -2.11. The number of hydrogen-bond acceptors (Lipinski definition) is 6. The van der Waals surface area contributed by atoms with E-state index in [1.54, 1.807) is 27.0 Å². The predicted octanol–water partition coefficient (Wildman–Crippen LogP) is 6.02. The van der Waals surface area contributed by atoms with Crippen LogP contribution in [-0.2, 0) is 20.8 Å². The van der Waals surface area contributed by atoms with Crippen molar-refractivity contribution >= 4 is 73.4 Å². The third-order valence-corrected chi connectivity index (χ3v) is 6.02. The molecule has 0 saturated carbocycles. The zero-order valence-corrected chi connectivity index (χ0v) is 21.6. The van der Waals surface area contributed by atoms with Crippen LogP contribution in [-0.4, -0.2) is 34.4 Å². The molecule has 1 unspecified atom stereocenters. The summed E-state index contributed by atoms with van der Waals surface area (Å²) in [6, 6.07) is 15.2. The molecular weight excluding hydrogens is 510 g/mol. The van der Waals surface area contributed by atoms with Crippen LogP contribution in [0, 0.1) is 5.92 Å². The Labute approximate surface area is 206 Å². The van der Waals surface area contributed by atoms with Crippen molar-refractivity contribution in [2.45, 2.75) is 27.2 Å². The monoisotopic (exact) mass is 535 g/mol. The lowest BCUT2D eigenvalue weighted by Gasteiger charge is -2.13. The number of carbonyl (C=O) groups excluding carboxylic acids is 2. The summed E-state index contributed by atoms with van der Waals surface area (Å²) in [6.07, 6.45) is 1.31. The average Bonchev–Trinajstić information content (AvgIpc) is 2.74. The number of anilines is 1. The Kier molecular flexibility index (Phi) is 12.1. The molecule has 0 bridgehead atoms. The quantitative estimate of drug-likeness (QED) is 0.243. The number of rotatable bonds is 8. The molecule has 2 N–H and O–H groups in total. The molecule has 32 heavy (non-hydrogen) atoms. The van der Waals surface area contributed by atoms with Gasteiger partial charge < -0.3 is 10.4 Å². The van der Waals surface area contributed by atoms with Gasteiger partial charge in [-0.05, 0) is 44.0 Å². The van der Waals surface area contributed by atoms with Crippen molar-refractivity contribution in [3.63, 3.8) is 0 Å². The minimum Gasteiger partial charge on any atom is -0.481 e. The Hall–Kier alpha value is -2.29. The smallest absolute Gasteiger partial charge is 0.306 e. The van der Waals surface area contributed by atoms with Crippen LogP contribution in [0.15, 0.2) is 57.9 Å². The molecule has 0 saturated heterocycles. The Morgan fingerprint density at radius 3 is 2.28 bits per heavy atom. The summed E-state index contributed by atoms with van der Waals surface area (Å²) in [6.45, 7) is 4.88. The zero-order valence-electron chi connectivity index (χ0n) is 18.3. The van der Waals surface area contributed by atoms with Crippen molar-refractivity contribution in [1.29, 1.82) is 0 Å². The number of halogens is 1. The summed E-state index contributed by atoms with van der Waals surface area (Å²) >= 11 is 9.55. The average molecular weight is 537 g/mol. The Morgan fingerprint density at radius 2 is 1.81 bits per heavy atom. The second-order valence-electron chi connectivity index (χ2n) is 6.88. The maximum Gasteiger partial charge on any atom is 0.306 e. The van der Waals surface area contributed by atoms with Crippen molar-refractivity contribution in [2.75, 3.05) is 12.4 Å². The number of carbonyl (C=O) groups is 3. The third-order valence-electron chi connectivity index (χ3n) is 4.28. The number of carboxylic acids is 1. The van der Waals surface area contributed by atoms with Gasteiger partial charge in [0.25, 0.3) is 0 Å². The molecule has 0 spiro atoms. The number of carboxylic acid groups (broad SMARTS) is 1. The minimum atomic E-state index is -0.737. The van der Waals surface area contributed by atoms with Crippen LogP contribution >= 0.6 is 39.9 Å². The van der Waals surface area contributed by atoms with E-state index in [2.05, 4.69) is 21.2 Å². The normalized spacial score (nSPS) is 11.9. The molecule has 0 aliphatic carbocycles. The molecule has 1 atom stereocenters. The summed E-state index contributed by atoms with van der Waals surface area (Å²) in [5.41, 5.74) is 2.87. The second kappa shape index (κ2) is 14.0. The number of aldehydes is 1. The third kappa shape index (κ3) is 9.06. The Morgan fingerprint density at radius 1 is 1.19 bits per heavy atom. The van der Waals surface area contributed by atoms with E-state index in [1.807, 2.05) is 42.5 Å². The summed E-state index contributed by atoms with van der Waals surface area (Å²) < 4.78 is 1.42. The number of aliphatic carboxylic acids is 1. The standard InChI is InChI=1S/C14H14BrNO2S2.C10H12O2/c1-8(18)14(20-9(2)19)12(7-17)11-6-10(15)4-5-13(11)16-3;1-8(10(11)12)7-9-5-3-2-4-6-9/h4-7,16H,1-3H3;2-6,8H,7H2,1H3,(H,11,12)/b14-12+;. The van der Waals surface area contributed by atoms with Crippen LogP contribution in [0.2, 0.25) is 0 Å². The van der Waals surface area contributed by atoms with Gasteiger partial charge in [-0.2, -0.15) is 0 Å². The minimum absolute atomic E-state index is 0.177. The van der Waals surface area contributed by atoms with E-state index in [-0.39, 0.29) is 11.7 Å². The van der Waals surface area contributed by atoms with Crippen LogP contribution in [0.4, 0.5) is 5.69 Å². The summed E-state index contributed by atoms with van der Waals surface area (Å²) in [5.74, 6) is -1.21. The van der Waals surface area contributed by atoms with E-state index in [9.17, 15) is 14.4 Å². The van der Waals surface area contributed by atoms with E-state index in [4.69, 9.17) is 17.3 Å². The van der Waals surface area contributed by atoms with Crippen molar-refractivity contribution in [3.05, 3.63) is 69.0 Å². The first kappa shape index (κ1) is 27.7. The number of benzene rings is 2. The molecule has 2 rings (SSSR count). The molecule has 0 radical (unpaired) electrons. The molecule has 0 aliphatic rings. The molecule has 0 aliphatic heterocycles. The highest BCUT2D eigenvalue weighted by atomic mass is 79.9. The van der Waals surface area contributed by atoms with Gasteiger partial charge in [0.05, 0.1) is 10.8 Å². The Balaban J connectivity index is 0.000000363. The largest absolute Gasteiger partial charge is 0.481 e. The number of hydrogen-bond donors (Lipinski definition) is 2. The molecule has 8 heteroatoms. The van der Waals surface area contributed by atoms with Crippen LogP contribution in [0.3, 0.4) is 0 Å². The van der Waals surface area contributed by atoms with Gasteiger partial charge in [-0.25, -0.2) is 0 Å². The van der Waals surface area contributed by atoms with Crippen molar-refractivity contribution in [3.8, 4) is 0 Å². The molecule has 5 nitrogen and oxygen atoms in total. The van der Waals surface area contributed by atoms with E-state index in [0.29, 0.717) is 32.9 Å². The van der Waals surface area contributed by atoms with E-state index >= 15 is 0 Å². The van der Waals surface area contributed by atoms with Gasteiger partial charge in [0.15, 0.2) is 12.1 Å². The predicted molar refractivity (Wildman–Crippen MR) is 140 cm³/mol. The topological polar surface area (TPSA) is 83.5 Å². The van der Waals surface area contributed by atoms with Gasteiger partial charge in [-0.3, -0.25) is 14.4 Å². The first-order valence-electron chi connectivity index (χ1n) is 9.73. The number of Topliss-reactive ketones (excluding diaryl/α,β-unsaturated/α-hetero) is 1. The van der Waals surface area contributed by atoms with Crippen molar-refractivity contribution < 1.29 is 19.5 Å². The highest BCUT2D eigenvalue weighted by Crippen LogP contribution is 2.33. The van der Waals surface area contributed by atoms with Crippen LogP contribution in [0.25, 0.3) is 5.57 Å². The maximum atomic E-state index is 11.8. The lowest BCUT2D eigenvalue weighted by atomic mass is 10.0. The maximum absolute atomic E-state index is 11.8. The fourth-order valence-corrected chi connectivity index (χ4v) is 4.02. The SMILES string of the molecule is CC(Cc1ccccc1)C(=O)O.CNc1ccc(Br)cc1/C(C=O)=C(/SC(C)=S)C(C)=O. The van der Waals surface area contributed by atoms with Crippen molar-refractivity contribution in [1.82, 2.24) is 0 Å². The van der Waals surface area contributed by atoms with E-state index in [1.165, 1.54) is 6.92 Å². The molecule has 170 valence electrons. The van der Waals surface area contributed by atoms with Crippen LogP contribution < -0.4 is 5.32 Å². The molecule has 0 aromatic heterocycles. The molecular formula is C24H26BrNO4S2. The number of ketones is 1. The van der Waals surface area contributed by atoms with Gasteiger partial charge in [0.2, 0.25) is 0 Å². The molecule has 2 aromatic carbocycles. The van der Waals surface area contributed by atoms with Gasteiger partial charge in [-0.15, -0.1) is 0 Å². The fraction of sp³-hybridized carbons (Fsp3) is 0.250. The fourth-order valence-electron chi connectivity index (χ4n) is 2.71. The molecule has 0 heterocycles. The van der Waals surface area contributed by atoms with Gasteiger partial charge in [0.1, 0.15) is 0 Å². The first-order chi connectivity index (χ1) is 15.1. The molecule has 2 aromatic rings. The summed E-state index contributed by atoms with van der Waals surface area (Å²) in [4.78, 5) is 34.2. The summed E-state index contributed by atoms with van der Waals surface area (Å²) in [7, 11) is 1.76. The number of thiocarbonyl (C=S) groups is 1. The Bertz CT molecular complexity index is 1010. The highest BCUT2D eigenvalue weighted by Gasteiger charge is 2.17. The van der Waals surface area contributed by atoms with E-state index in [0.717, 1.165) is 27.5 Å². The van der Waals surface area contributed by atoms with Crippen molar-refractivity contribution in [2.24, 2.45) is 5.92 Å². The van der Waals surface area contributed by atoms with Gasteiger partial charge >= 0.3 is 5.97 Å². The number of nitrogens with one attached hydrogen (secondary N) is 1. The zero-order chi connectivity index (χ0) is 24.3. The number of thioether (sulfide) groups is 1. The number of allylic oxidation sites excluding steroid dienone is 2. The van der Waals surface area contributed by atoms with Gasteiger partial charge in [-0.1, -0.05) is 77.2 Å². The summed E-state index contributed by atoms with van der Waals surface area (Å²) in [5, 5.41) is 11.7. The molecule has 0 amide bonds. The second-order valence-corrected chi connectivity index (χ2v) is 9.89. The van der Waals surface area contributed by atoms with Gasteiger partial charge in [0, 0.05) is 32.5 Å². The first-order valence-corrected chi connectivity index (χ1v) is 11.8. The molecule has 0 fully saturated rings. The van der Waals surface area contributed by atoms with Crippen LogP contribution in [0.5, 0.6) is 0 Å². The highest BCUT2D eigenvalue weighted by molar-refractivity contribution is 9.10.